The maximum Gasteiger partial charge on any atom is 0.269 e. The number of amides is 2. The van der Waals surface area contributed by atoms with Gasteiger partial charge in [-0.25, -0.2) is 0 Å². The van der Waals surface area contributed by atoms with Gasteiger partial charge in [-0.2, -0.15) is 0 Å². The first-order valence-electron chi connectivity index (χ1n) is 8.77. The standard InChI is InChI=1S/C20H23N3O6S/c1-12-5-7-14(8-6-12)29-11-17(24)21-20(30)23-22-19(25)13-9-15(26-2)18(28-4)16(10-13)27-3/h5-10H,11H2,1-4H3,(H,22,25)(H2,21,23,24,30). The summed E-state index contributed by atoms with van der Waals surface area (Å²) in [6.45, 7) is 1.72. The molecule has 0 spiro atoms. The van der Waals surface area contributed by atoms with Crippen LogP contribution in [0, 0.1) is 6.92 Å². The molecule has 0 unspecified atom stereocenters. The number of methoxy groups -OCH3 is 3. The molecular weight excluding hydrogens is 410 g/mol. The Hall–Kier alpha value is -3.53. The molecule has 0 radical (unpaired) electrons. The lowest BCUT2D eigenvalue weighted by Gasteiger charge is -2.15. The van der Waals surface area contributed by atoms with Crippen molar-refractivity contribution >= 4 is 29.1 Å². The van der Waals surface area contributed by atoms with Crippen molar-refractivity contribution < 1.29 is 28.5 Å². The minimum atomic E-state index is -0.526. The van der Waals surface area contributed by atoms with Gasteiger partial charge >= 0.3 is 0 Å². The van der Waals surface area contributed by atoms with Crippen molar-refractivity contribution in [3.63, 3.8) is 0 Å². The molecule has 2 amide bonds. The van der Waals surface area contributed by atoms with Gasteiger partial charge in [0.15, 0.2) is 23.2 Å². The molecule has 2 aromatic rings. The Labute approximate surface area is 179 Å². The van der Waals surface area contributed by atoms with Gasteiger partial charge in [0.25, 0.3) is 11.8 Å². The summed E-state index contributed by atoms with van der Waals surface area (Å²) >= 11 is 5.00. The van der Waals surface area contributed by atoms with E-state index in [2.05, 4.69) is 16.2 Å². The smallest absolute Gasteiger partial charge is 0.269 e. The predicted octanol–water partition coefficient (Wildman–Crippen LogP) is 1.74. The highest BCUT2D eigenvalue weighted by Gasteiger charge is 2.17. The molecule has 10 heteroatoms. The van der Waals surface area contributed by atoms with Crippen LogP contribution >= 0.6 is 12.2 Å². The van der Waals surface area contributed by atoms with Crippen molar-refractivity contribution in [3.8, 4) is 23.0 Å². The Morgan fingerprint density at radius 1 is 0.933 bits per heavy atom. The summed E-state index contributed by atoms with van der Waals surface area (Å²) in [4.78, 5) is 24.3. The molecule has 0 aliphatic heterocycles. The van der Waals surface area contributed by atoms with Crippen molar-refractivity contribution in [2.24, 2.45) is 0 Å². The highest BCUT2D eigenvalue weighted by Crippen LogP contribution is 2.38. The highest BCUT2D eigenvalue weighted by atomic mass is 32.1. The van der Waals surface area contributed by atoms with Gasteiger partial charge in [0.2, 0.25) is 5.75 Å². The van der Waals surface area contributed by atoms with Crippen LogP contribution in [0.15, 0.2) is 36.4 Å². The SMILES string of the molecule is COc1cc(C(=O)NNC(=S)NC(=O)COc2ccc(C)cc2)cc(OC)c1OC. The van der Waals surface area contributed by atoms with E-state index in [1.807, 2.05) is 19.1 Å². The number of rotatable bonds is 7. The second-order valence-electron chi connectivity index (χ2n) is 5.97. The molecule has 160 valence electrons. The van der Waals surface area contributed by atoms with E-state index in [-0.39, 0.29) is 17.3 Å². The van der Waals surface area contributed by atoms with E-state index in [1.54, 1.807) is 12.1 Å². The first-order valence-corrected chi connectivity index (χ1v) is 9.18. The fourth-order valence-electron chi connectivity index (χ4n) is 2.38. The number of carbonyl (C=O) groups is 2. The van der Waals surface area contributed by atoms with Gasteiger partial charge in [-0.1, -0.05) is 17.7 Å². The molecule has 0 saturated carbocycles. The lowest BCUT2D eigenvalue weighted by molar-refractivity contribution is -0.121. The van der Waals surface area contributed by atoms with Crippen molar-refractivity contribution in [1.82, 2.24) is 16.2 Å². The number of ether oxygens (including phenoxy) is 4. The number of aryl methyl sites for hydroxylation is 1. The number of hydrogen-bond acceptors (Lipinski definition) is 7. The van der Waals surface area contributed by atoms with Gasteiger partial charge < -0.3 is 18.9 Å². The van der Waals surface area contributed by atoms with Crippen LogP contribution in [0.4, 0.5) is 0 Å². The number of hydrazine groups is 1. The van der Waals surface area contributed by atoms with E-state index >= 15 is 0 Å². The van der Waals surface area contributed by atoms with Crippen LogP contribution in [0.25, 0.3) is 0 Å². The summed E-state index contributed by atoms with van der Waals surface area (Å²) in [7, 11) is 4.35. The summed E-state index contributed by atoms with van der Waals surface area (Å²) in [5.41, 5.74) is 6.15. The Morgan fingerprint density at radius 3 is 2.07 bits per heavy atom. The van der Waals surface area contributed by atoms with Gasteiger partial charge in [-0.05, 0) is 43.4 Å². The molecule has 30 heavy (non-hydrogen) atoms. The molecule has 0 saturated heterocycles. The van der Waals surface area contributed by atoms with E-state index < -0.39 is 11.8 Å². The molecule has 2 rings (SSSR count). The quantitative estimate of drug-likeness (QED) is 0.448. The third-order valence-corrected chi connectivity index (χ3v) is 4.06. The number of thiocarbonyl (C=S) groups is 1. The molecule has 2 aromatic carbocycles. The molecular formula is C20H23N3O6S. The number of nitrogens with one attached hydrogen (secondary N) is 3. The van der Waals surface area contributed by atoms with E-state index in [0.717, 1.165) is 5.56 Å². The first kappa shape index (κ1) is 22.8. The summed E-state index contributed by atoms with van der Waals surface area (Å²) in [5, 5.41) is 2.31. The predicted molar refractivity (Wildman–Crippen MR) is 114 cm³/mol. The third-order valence-electron chi connectivity index (χ3n) is 3.86. The fraction of sp³-hybridized carbons (Fsp3) is 0.250. The summed E-state index contributed by atoms with van der Waals surface area (Å²) in [6, 6.07) is 10.2. The van der Waals surface area contributed by atoms with Crippen LogP contribution in [0.5, 0.6) is 23.0 Å². The van der Waals surface area contributed by atoms with E-state index in [1.165, 1.54) is 33.5 Å². The van der Waals surface area contributed by atoms with Crippen molar-refractivity contribution in [2.75, 3.05) is 27.9 Å². The minimum Gasteiger partial charge on any atom is -0.493 e. The van der Waals surface area contributed by atoms with E-state index in [9.17, 15) is 9.59 Å². The van der Waals surface area contributed by atoms with Gasteiger partial charge in [0, 0.05) is 5.56 Å². The second kappa shape index (κ2) is 10.9. The van der Waals surface area contributed by atoms with Crippen LogP contribution in [-0.2, 0) is 4.79 Å². The lowest BCUT2D eigenvalue weighted by atomic mass is 10.1. The number of carbonyl (C=O) groups excluding carboxylic acids is 2. The Morgan fingerprint density at radius 2 is 1.53 bits per heavy atom. The third kappa shape index (κ3) is 6.24. The Balaban J connectivity index is 1.87. The van der Waals surface area contributed by atoms with Gasteiger partial charge in [-0.15, -0.1) is 0 Å². The van der Waals surface area contributed by atoms with Crippen LogP contribution in [0.3, 0.4) is 0 Å². The topological polar surface area (TPSA) is 107 Å². The van der Waals surface area contributed by atoms with Gasteiger partial charge in [0.05, 0.1) is 21.3 Å². The summed E-state index contributed by atoms with van der Waals surface area (Å²) in [6.07, 6.45) is 0. The minimum absolute atomic E-state index is 0.0895. The highest BCUT2D eigenvalue weighted by molar-refractivity contribution is 7.80. The molecule has 0 aromatic heterocycles. The van der Waals surface area contributed by atoms with Gasteiger partial charge in [-0.3, -0.25) is 25.8 Å². The monoisotopic (exact) mass is 433 g/mol. The average molecular weight is 433 g/mol. The largest absolute Gasteiger partial charge is 0.493 e. The summed E-state index contributed by atoms with van der Waals surface area (Å²) in [5.74, 6) is 0.570. The normalized spacial score (nSPS) is 9.87. The van der Waals surface area contributed by atoms with E-state index in [0.29, 0.717) is 23.0 Å². The van der Waals surface area contributed by atoms with E-state index in [4.69, 9.17) is 31.2 Å². The lowest BCUT2D eigenvalue weighted by Crippen LogP contribution is -2.49. The maximum atomic E-state index is 12.4. The fourth-order valence-corrected chi connectivity index (χ4v) is 2.54. The van der Waals surface area contributed by atoms with Crippen molar-refractivity contribution in [3.05, 3.63) is 47.5 Å². The van der Waals surface area contributed by atoms with Crippen LogP contribution < -0.4 is 35.1 Å². The summed E-state index contributed by atoms with van der Waals surface area (Å²) < 4.78 is 21.0. The molecule has 0 fully saturated rings. The van der Waals surface area contributed by atoms with Crippen molar-refractivity contribution in [1.29, 1.82) is 0 Å². The van der Waals surface area contributed by atoms with Crippen LogP contribution in [0.1, 0.15) is 15.9 Å². The zero-order valence-electron chi connectivity index (χ0n) is 17.0. The maximum absolute atomic E-state index is 12.4. The van der Waals surface area contributed by atoms with Crippen molar-refractivity contribution in [2.45, 2.75) is 6.92 Å². The zero-order valence-corrected chi connectivity index (χ0v) is 17.8. The molecule has 0 aliphatic rings. The second-order valence-corrected chi connectivity index (χ2v) is 6.38. The Kier molecular flexibility index (Phi) is 8.24. The molecule has 0 heterocycles. The molecule has 0 aliphatic carbocycles. The number of hydrogen-bond donors (Lipinski definition) is 3. The molecule has 0 bridgehead atoms. The number of benzene rings is 2. The zero-order chi connectivity index (χ0) is 22.1. The molecule has 0 atom stereocenters. The van der Waals surface area contributed by atoms with Gasteiger partial charge in [0.1, 0.15) is 5.75 Å². The van der Waals surface area contributed by atoms with Crippen LogP contribution in [-0.4, -0.2) is 44.9 Å². The molecule has 3 N–H and O–H groups in total. The Bertz CT molecular complexity index is 892. The first-order chi connectivity index (χ1) is 14.4. The van der Waals surface area contributed by atoms with Crippen LogP contribution in [0.2, 0.25) is 0 Å². The molecule has 9 nitrogen and oxygen atoms in total. The average Bonchev–Trinajstić information content (AvgIpc) is 2.75.